The Morgan fingerprint density at radius 3 is 2.57 bits per heavy atom. The van der Waals surface area contributed by atoms with Gasteiger partial charge in [0.05, 0.1) is 12.0 Å². The summed E-state index contributed by atoms with van der Waals surface area (Å²) in [5.74, 6) is 0.188. The van der Waals surface area contributed by atoms with Gasteiger partial charge in [0.25, 0.3) is 0 Å². The lowest BCUT2D eigenvalue weighted by atomic mass is 9.74. The van der Waals surface area contributed by atoms with Crippen LogP contribution in [0.2, 0.25) is 5.02 Å². The molecule has 2 N–H and O–H groups in total. The Morgan fingerprint density at radius 2 is 1.82 bits per heavy atom. The van der Waals surface area contributed by atoms with Crippen molar-refractivity contribution in [2.24, 2.45) is 0 Å². The van der Waals surface area contributed by atoms with Gasteiger partial charge in [-0.25, -0.2) is 0 Å². The highest BCUT2D eigenvalue weighted by atomic mass is 35.5. The van der Waals surface area contributed by atoms with Crippen LogP contribution in [0.5, 0.6) is 0 Å². The van der Waals surface area contributed by atoms with E-state index in [0.29, 0.717) is 29.5 Å². The molecule has 144 valence electrons. The molecule has 3 aromatic rings. The van der Waals surface area contributed by atoms with Crippen LogP contribution in [-0.4, -0.2) is 21.6 Å². The normalized spacial score (nSPS) is 22.1. The quantitative estimate of drug-likeness (QED) is 0.630. The number of carbonyl (C=O) groups is 1. The molecule has 0 radical (unpaired) electrons. The lowest BCUT2D eigenvalue weighted by molar-refractivity contribution is -0.122. The van der Waals surface area contributed by atoms with Crippen LogP contribution in [0.1, 0.15) is 43.6 Å². The fourth-order valence-corrected chi connectivity index (χ4v) is 4.27. The standard InChI is InChI=1S/C23H23ClN2O2/c24-18-5-7-19(8-6-18)26-22(27)13-23(28)11-9-16(10-12-23)21-15-25-14-17-3-1-2-4-20(17)21/h1-8,14-16,28H,9-13H2,(H,26,27)/t16-,23-. The second kappa shape index (κ2) is 7.90. The summed E-state index contributed by atoms with van der Waals surface area (Å²) < 4.78 is 0. The minimum Gasteiger partial charge on any atom is -0.389 e. The Bertz CT molecular complexity index is 974. The van der Waals surface area contributed by atoms with Crippen LogP contribution in [0.15, 0.2) is 60.9 Å². The van der Waals surface area contributed by atoms with Crippen molar-refractivity contribution >= 4 is 34.0 Å². The number of aliphatic hydroxyl groups is 1. The van der Waals surface area contributed by atoms with Crippen LogP contribution in [0.3, 0.4) is 0 Å². The number of hydrogen-bond donors (Lipinski definition) is 2. The summed E-state index contributed by atoms with van der Waals surface area (Å²) in [6.07, 6.45) is 6.85. The number of nitrogens with zero attached hydrogens (tertiary/aromatic N) is 1. The molecule has 5 heteroatoms. The van der Waals surface area contributed by atoms with Crippen molar-refractivity contribution in [1.29, 1.82) is 0 Å². The molecule has 1 amide bonds. The number of aromatic nitrogens is 1. The first-order valence-electron chi connectivity index (χ1n) is 9.63. The highest BCUT2D eigenvalue weighted by Crippen LogP contribution is 2.41. The number of halogens is 1. The molecule has 28 heavy (non-hydrogen) atoms. The Kier molecular flexibility index (Phi) is 5.33. The average molecular weight is 395 g/mol. The second-order valence-electron chi connectivity index (χ2n) is 7.68. The molecule has 1 heterocycles. The number of benzene rings is 2. The molecule has 0 unspecified atom stereocenters. The Labute approximate surface area is 169 Å². The van der Waals surface area contributed by atoms with E-state index in [-0.39, 0.29) is 12.3 Å². The van der Waals surface area contributed by atoms with Gasteiger partial charge in [0, 0.05) is 28.5 Å². The van der Waals surface area contributed by atoms with Crippen LogP contribution >= 0.6 is 11.6 Å². The van der Waals surface area contributed by atoms with Gasteiger partial charge in [-0.15, -0.1) is 0 Å². The maximum absolute atomic E-state index is 12.4. The Morgan fingerprint density at radius 1 is 1.11 bits per heavy atom. The van der Waals surface area contributed by atoms with Gasteiger partial charge in [0.15, 0.2) is 0 Å². The first-order chi connectivity index (χ1) is 13.5. The highest BCUT2D eigenvalue weighted by molar-refractivity contribution is 6.30. The second-order valence-corrected chi connectivity index (χ2v) is 8.12. The Hall–Kier alpha value is -2.43. The molecule has 1 aromatic heterocycles. The lowest BCUT2D eigenvalue weighted by Crippen LogP contribution is -2.37. The van der Waals surface area contributed by atoms with Crippen LogP contribution in [-0.2, 0) is 4.79 Å². The van der Waals surface area contributed by atoms with E-state index in [2.05, 4.69) is 22.4 Å². The topological polar surface area (TPSA) is 62.2 Å². The zero-order chi connectivity index (χ0) is 19.6. The molecule has 0 saturated heterocycles. The summed E-state index contributed by atoms with van der Waals surface area (Å²) in [6.45, 7) is 0. The maximum atomic E-state index is 12.4. The van der Waals surface area contributed by atoms with E-state index in [9.17, 15) is 9.90 Å². The predicted octanol–water partition coefficient (Wildman–Crippen LogP) is 5.31. The van der Waals surface area contributed by atoms with Gasteiger partial charge >= 0.3 is 0 Å². The van der Waals surface area contributed by atoms with Crippen molar-refractivity contribution in [3.8, 4) is 0 Å². The molecular formula is C23H23ClN2O2. The Balaban J connectivity index is 1.39. The van der Waals surface area contributed by atoms with Crippen LogP contribution < -0.4 is 5.32 Å². The number of hydrogen-bond acceptors (Lipinski definition) is 3. The van der Waals surface area contributed by atoms with Gasteiger partial charge in [-0.05, 0) is 66.8 Å². The molecular weight excluding hydrogens is 372 g/mol. The van der Waals surface area contributed by atoms with Crippen LogP contribution in [0.4, 0.5) is 5.69 Å². The summed E-state index contributed by atoms with van der Waals surface area (Å²) in [5, 5.41) is 16.8. The van der Waals surface area contributed by atoms with E-state index in [4.69, 9.17) is 11.6 Å². The minimum absolute atomic E-state index is 0.107. The lowest BCUT2D eigenvalue weighted by Gasteiger charge is -2.36. The number of carbonyl (C=O) groups excluding carboxylic acids is 1. The molecule has 1 saturated carbocycles. The zero-order valence-corrected chi connectivity index (χ0v) is 16.3. The number of fused-ring (bicyclic) bond motifs is 1. The van der Waals surface area contributed by atoms with E-state index < -0.39 is 5.60 Å². The number of rotatable bonds is 4. The zero-order valence-electron chi connectivity index (χ0n) is 15.6. The first-order valence-corrected chi connectivity index (χ1v) is 10.0. The van der Waals surface area contributed by atoms with Gasteiger partial charge in [0.1, 0.15) is 0 Å². The molecule has 4 nitrogen and oxygen atoms in total. The summed E-state index contributed by atoms with van der Waals surface area (Å²) >= 11 is 5.87. The largest absolute Gasteiger partial charge is 0.389 e. The SMILES string of the molecule is O=C(C[C@]1(O)CC[C@H](c2cncc3ccccc32)CC1)Nc1ccc(Cl)cc1. The molecule has 0 aliphatic heterocycles. The van der Waals surface area contributed by atoms with Gasteiger partial charge < -0.3 is 10.4 Å². The van der Waals surface area contributed by atoms with Crippen molar-refractivity contribution in [2.45, 2.75) is 43.6 Å². The van der Waals surface area contributed by atoms with Gasteiger partial charge in [-0.2, -0.15) is 0 Å². The number of amides is 1. The average Bonchev–Trinajstić information content (AvgIpc) is 2.70. The first kappa shape index (κ1) is 18.9. The van der Waals surface area contributed by atoms with Crippen molar-refractivity contribution in [1.82, 2.24) is 4.98 Å². The molecule has 4 rings (SSSR count). The summed E-state index contributed by atoms with van der Waals surface area (Å²) in [4.78, 5) is 16.8. The third kappa shape index (κ3) is 4.18. The van der Waals surface area contributed by atoms with E-state index in [1.54, 1.807) is 24.3 Å². The molecule has 1 aliphatic carbocycles. The van der Waals surface area contributed by atoms with Crippen molar-refractivity contribution in [3.63, 3.8) is 0 Å². The van der Waals surface area contributed by atoms with Gasteiger partial charge in [-0.1, -0.05) is 35.9 Å². The number of anilines is 1. The predicted molar refractivity (Wildman–Crippen MR) is 113 cm³/mol. The summed E-state index contributed by atoms with van der Waals surface area (Å²) in [7, 11) is 0. The third-order valence-corrected chi connectivity index (χ3v) is 5.92. The van der Waals surface area contributed by atoms with E-state index in [1.165, 1.54) is 10.9 Å². The molecule has 2 aromatic carbocycles. The molecule has 1 aliphatic rings. The monoisotopic (exact) mass is 394 g/mol. The fourth-order valence-electron chi connectivity index (χ4n) is 4.15. The van der Waals surface area contributed by atoms with E-state index in [1.807, 2.05) is 24.5 Å². The number of nitrogens with one attached hydrogen (secondary N) is 1. The van der Waals surface area contributed by atoms with Crippen molar-refractivity contribution in [3.05, 3.63) is 71.5 Å². The number of pyridine rings is 1. The summed E-state index contributed by atoms with van der Waals surface area (Å²) in [5.41, 5.74) is 0.977. The maximum Gasteiger partial charge on any atom is 0.227 e. The van der Waals surface area contributed by atoms with Crippen molar-refractivity contribution < 1.29 is 9.90 Å². The van der Waals surface area contributed by atoms with Crippen LogP contribution in [0, 0.1) is 0 Å². The molecule has 0 bridgehead atoms. The molecule has 0 spiro atoms. The summed E-state index contributed by atoms with van der Waals surface area (Å²) in [6, 6.07) is 15.3. The highest BCUT2D eigenvalue weighted by Gasteiger charge is 2.36. The van der Waals surface area contributed by atoms with Crippen LogP contribution in [0.25, 0.3) is 10.8 Å². The fraction of sp³-hybridized carbons (Fsp3) is 0.304. The minimum atomic E-state index is -0.953. The molecule has 1 fully saturated rings. The molecule has 0 atom stereocenters. The van der Waals surface area contributed by atoms with E-state index in [0.717, 1.165) is 18.2 Å². The van der Waals surface area contributed by atoms with E-state index >= 15 is 0 Å². The smallest absolute Gasteiger partial charge is 0.227 e. The van der Waals surface area contributed by atoms with Crippen molar-refractivity contribution in [2.75, 3.05) is 5.32 Å². The third-order valence-electron chi connectivity index (χ3n) is 5.67. The van der Waals surface area contributed by atoms with Gasteiger partial charge in [-0.3, -0.25) is 9.78 Å². The van der Waals surface area contributed by atoms with Gasteiger partial charge in [0.2, 0.25) is 5.91 Å².